The number of hydrogen-bond acceptors (Lipinski definition) is 8. The summed E-state index contributed by atoms with van der Waals surface area (Å²) in [5.74, 6) is -1.60. The van der Waals surface area contributed by atoms with E-state index in [4.69, 9.17) is 11.6 Å². The number of aliphatic carboxylic acids is 1. The first-order chi connectivity index (χ1) is 16.4. The van der Waals surface area contributed by atoms with E-state index in [0.717, 1.165) is 12.3 Å². The molecule has 3 heterocycles. The van der Waals surface area contributed by atoms with Crippen molar-refractivity contribution in [3.8, 4) is 10.6 Å². The summed E-state index contributed by atoms with van der Waals surface area (Å²) in [5, 5.41) is 23.7. The predicted octanol–water partition coefficient (Wildman–Crippen LogP) is 5.51. The molecule has 3 N–H and O–H groups in total. The Morgan fingerprint density at radius 2 is 1.89 bits per heavy atom. The summed E-state index contributed by atoms with van der Waals surface area (Å²) in [6, 6.07) is 3.77. The van der Waals surface area contributed by atoms with Crippen LogP contribution in [0.1, 0.15) is 43.3 Å². The van der Waals surface area contributed by atoms with Gasteiger partial charge in [0.15, 0.2) is 0 Å². The molecule has 1 fully saturated rings. The third-order valence-corrected chi connectivity index (χ3v) is 7.50. The van der Waals surface area contributed by atoms with Crippen LogP contribution in [0.3, 0.4) is 0 Å². The largest absolute Gasteiger partial charge is 0.481 e. The van der Waals surface area contributed by atoms with Crippen LogP contribution in [0.25, 0.3) is 10.6 Å². The Morgan fingerprint density at radius 3 is 2.54 bits per heavy atom. The van der Waals surface area contributed by atoms with E-state index in [1.807, 2.05) is 0 Å². The van der Waals surface area contributed by atoms with Gasteiger partial charge in [-0.1, -0.05) is 11.6 Å². The molecular formula is C22H21ClF3N5O3S. The van der Waals surface area contributed by atoms with E-state index in [1.54, 1.807) is 19.2 Å². The van der Waals surface area contributed by atoms with Gasteiger partial charge in [0, 0.05) is 18.1 Å². The van der Waals surface area contributed by atoms with E-state index in [-0.39, 0.29) is 17.0 Å². The number of halogens is 4. The van der Waals surface area contributed by atoms with Crippen molar-refractivity contribution in [1.82, 2.24) is 19.9 Å². The Kier molecular flexibility index (Phi) is 6.98. The second-order valence-electron chi connectivity index (χ2n) is 8.52. The number of thiazole rings is 1. The van der Waals surface area contributed by atoms with Gasteiger partial charge in [-0.2, -0.15) is 13.2 Å². The van der Waals surface area contributed by atoms with E-state index in [2.05, 4.69) is 25.3 Å². The second kappa shape index (κ2) is 9.67. The maximum atomic E-state index is 12.9. The molecule has 4 rings (SSSR count). The van der Waals surface area contributed by atoms with E-state index in [0.29, 0.717) is 46.9 Å². The molecule has 1 saturated carbocycles. The van der Waals surface area contributed by atoms with Crippen molar-refractivity contribution >= 4 is 40.5 Å². The lowest BCUT2D eigenvalue weighted by Gasteiger charge is -2.35. The lowest BCUT2D eigenvalue weighted by Crippen LogP contribution is -2.35. The van der Waals surface area contributed by atoms with Crippen molar-refractivity contribution in [1.29, 1.82) is 0 Å². The van der Waals surface area contributed by atoms with Crippen LogP contribution in [0.2, 0.25) is 5.15 Å². The maximum absolute atomic E-state index is 12.9. The summed E-state index contributed by atoms with van der Waals surface area (Å²) >= 11 is 7.36. The van der Waals surface area contributed by atoms with Gasteiger partial charge in [0.05, 0.1) is 16.5 Å². The molecule has 3 aromatic rings. The Balaban J connectivity index is 1.54. The average molecular weight is 528 g/mol. The predicted molar refractivity (Wildman–Crippen MR) is 123 cm³/mol. The molecule has 0 spiro atoms. The number of carboxylic acid groups (broad SMARTS) is 1. The van der Waals surface area contributed by atoms with Gasteiger partial charge in [-0.05, 0) is 56.7 Å². The highest BCUT2D eigenvalue weighted by Gasteiger charge is 2.40. The molecule has 0 aliphatic heterocycles. The van der Waals surface area contributed by atoms with Gasteiger partial charge >= 0.3 is 12.1 Å². The minimum absolute atomic E-state index is 0.0886. The molecule has 35 heavy (non-hydrogen) atoms. The van der Waals surface area contributed by atoms with Crippen molar-refractivity contribution in [2.45, 2.75) is 44.4 Å². The molecule has 13 heteroatoms. The van der Waals surface area contributed by atoms with Crippen molar-refractivity contribution in [2.75, 3.05) is 5.32 Å². The van der Waals surface area contributed by atoms with Crippen LogP contribution in [0.15, 0.2) is 30.6 Å². The molecule has 3 aromatic heterocycles. The molecule has 0 unspecified atom stereocenters. The number of hydrogen-bond donors (Lipinski definition) is 3. The van der Waals surface area contributed by atoms with Gasteiger partial charge in [-0.25, -0.2) is 19.9 Å². The topological polar surface area (TPSA) is 121 Å². The number of aliphatic hydroxyl groups is 1. The lowest BCUT2D eigenvalue weighted by molar-refractivity contribution is -0.144. The highest BCUT2D eigenvalue weighted by molar-refractivity contribution is 7.15. The lowest BCUT2D eigenvalue weighted by atomic mass is 9.74. The number of anilines is 2. The Morgan fingerprint density at radius 1 is 1.17 bits per heavy atom. The van der Waals surface area contributed by atoms with Crippen LogP contribution in [-0.2, 0) is 16.6 Å². The van der Waals surface area contributed by atoms with Crippen LogP contribution >= 0.6 is 22.9 Å². The zero-order valence-electron chi connectivity index (χ0n) is 18.4. The molecule has 0 saturated heterocycles. The molecule has 0 radical (unpaired) electrons. The monoisotopic (exact) mass is 527 g/mol. The Hall–Kier alpha value is -2.83. The zero-order valence-corrected chi connectivity index (χ0v) is 20.0. The number of carboxylic acids is 1. The number of nitrogens with one attached hydrogen (secondary N) is 1. The van der Waals surface area contributed by atoms with Gasteiger partial charge in [0.2, 0.25) is 5.95 Å². The first-order valence-electron chi connectivity index (χ1n) is 10.7. The highest BCUT2D eigenvalue weighted by atomic mass is 35.5. The fourth-order valence-electron chi connectivity index (χ4n) is 4.10. The third-order valence-electron chi connectivity index (χ3n) is 6.06. The van der Waals surface area contributed by atoms with Crippen LogP contribution in [0.4, 0.5) is 24.8 Å². The molecule has 1 aliphatic carbocycles. The highest BCUT2D eigenvalue weighted by Crippen LogP contribution is 2.43. The van der Waals surface area contributed by atoms with E-state index in [1.165, 1.54) is 17.4 Å². The smallest absolute Gasteiger partial charge is 0.433 e. The van der Waals surface area contributed by atoms with Gasteiger partial charge in [0.1, 0.15) is 21.5 Å². The Bertz CT molecular complexity index is 1230. The summed E-state index contributed by atoms with van der Waals surface area (Å²) in [7, 11) is 0. The van der Waals surface area contributed by atoms with E-state index in [9.17, 15) is 28.2 Å². The molecule has 186 valence electrons. The first-order valence-corrected chi connectivity index (χ1v) is 11.9. The van der Waals surface area contributed by atoms with Crippen molar-refractivity contribution in [3.05, 3.63) is 46.4 Å². The fourth-order valence-corrected chi connectivity index (χ4v) is 5.31. The van der Waals surface area contributed by atoms with Gasteiger partial charge < -0.3 is 15.5 Å². The van der Waals surface area contributed by atoms with Crippen LogP contribution in [-0.4, -0.2) is 36.1 Å². The number of pyridine rings is 1. The molecular weight excluding hydrogens is 507 g/mol. The molecule has 0 aromatic carbocycles. The van der Waals surface area contributed by atoms with Crippen molar-refractivity contribution in [2.24, 2.45) is 11.8 Å². The van der Waals surface area contributed by atoms with Gasteiger partial charge in [0.25, 0.3) is 0 Å². The second-order valence-corrected chi connectivity index (χ2v) is 9.93. The molecule has 0 bridgehead atoms. The van der Waals surface area contributed by atoms with Crippen LogP contribution in [0.5, 0.6) is 0 Å². The third kappa shape index (κ3) is 5.71. The normalized spacial score (nSPS) is 20.3. The SMILES string of the molecule is C[C@@](O)(c1ncc(-c2cc(Nc3nccc(C(F)(F)F)n3)cc(Cl)n2)s1)C1CCC(C(=O)O)CC1. The van der Waals surface area contributed by atoms with Gasteiger partial charge in [-0.15, -0.1) is 11.3 Å². The molecule has 1 atom stereocenters. The number of nitrogens with zero attached hydrogens (tertiary/aromatic N) is 4. The standard InChI is InChI=1S/C22H21ClF3N5O3S/c1-21(34,12-4-2-11(3-5-12)18(32)33)19-28-10-15(35-19)14-8-13(9-17(23)30-14)29-20-27-7-6-16(31-20)22(24,25)26/h6-12,34H,2-5H2,1H3,(H,32,33)(H,27,29,30,31)/t11?,12?,21-/m0/s1. The molecule has 0 amide bonds. The van der Waals surface area contributed by atoms with E-state index >= 15 is 0 Å². The summed E-state index contributed by atoms with van der Waals surface area (Å²) in [5.41, 5.74) is -1.60. The molecule has 8 nitrogen and oxygen atoms in total. The average Bonchev–Trinajstić information content (AvgIpc) is 3.30. The minimum atomic E-state index is -4.61. The van der Waals surface area contributed by atoms with E-state index < -0.39 is 29.4 Å². The summed E-state index contributed by atoms with van der Waals surface area (Å²) in [6.45, 7) is 1.67. The first kappa shape index (κ1) is 25.3. The quantitative estimate of drug-likeness (QED) is 0.359. The van der Waals surface area contributed by atoms with Crippen LogP contribution in [0, 0.1) is 11.8 Å². The summed E-state index contributed by atoms with van der Waals surface area (Å²) in [6.07, 6.45) is 0.0691. The fraction of sp³-hybridized carbons (Fsp3) is 0.409. The van der Waals surface area contributed by atoms with Crippen LogP contribution < -0.4 is 5.32 Å². The number of carbonyl (C=O) groups is 1. The zero-order chi connectivity index (χ0) is 25.4. The number of alkyl halides is 3. The van der Waals surface area contributed by atoms with Crippen molar-refractivity contribution in [3.63, 3.8) is 0 Å². The van der Waals surface area contributed by atoms with Gasteiger partial charge in [-0.3, -0.25) is 4.79 Å². The van der Waals surface area contributed by atoms with Crippen molar-refractivity contribution < 1.29 is 28.2 Å². The Labute approximate surface area is 207 Å². The summed E-state index contributed by atoms with van der Waals surface area (Å²) in [4.78, 5) is 27.8. The molecule has 1 aliphatic rings. The maximum Gasteiger partial charge on any atom is 0.433 e. The summed E-state index contributed by atoms with van der Waals surface area (Å²) < 4.78 is 38.8. The minimum Gasteiger partial charge on any atom is -0.481 e. The number of aromatic nitrogens is 4. The number of rotatable bonds is 6.